The molecule has 8 heteroatoms. The summed E-state index contributed by atoms with van der Waals surface area (Å²) in [5, 5.41) is 14.8. The number of hydrogen-bond donors (Lipinski definition) is 3. The van der Waals surface area contributed by atoms with E-state index >= 15 is 0 Å². The third-order valence-corrected chi connectivity index (χ3v) is 7.76. The van der Waals surface area contributed by atoms with Gasteiger partial charge in [0.2, 0.25) is 5.91 Å². The largest absolute Gasteiger partial charge is 0.493 e. The first kappa shape index (κ1) is 33.9. The highest BCUT2D eigenvalue weighted by Gasteiger charge is 2.29. The lowest BCUT2D eigenvalue weighted by Crippen LogP contribution is -2.42. The van der Waals surface area contributed by atoms with Gasteiger partial charge in [-0.2, -0.15) is 0 Å². The van der Waals surface area contributed by atoms with Gasteiger partial charge in [-0.15, -0.1) is 0 Å². The summed E-state index contributed by atoms with van der Waals surface area (Å²) in [5.74, 6) is 1.66. The highest BCUT2D eigenvalue weighted by atomic mass is 35.5. The van der Waals surface area contributed by atoms with E-state index in [1.807, 2.05) is 38.1 Å². The molecule has 2 aromatic rings. The highest BCUT2D eigenvalue weighted by molar-refractivity contribution is 6.30. The van der Waals surface area contributed by atoms with Gasteiger partial charge < -0.3 is 30.4 Å². The number of carbonyl (C=O) groups is 1. The maximum absolute atomic E-state index is 13.0. The Balaban J connectivity index is 2.00. The third-order valence-electron chi connectivity index (χ3n) is 7.51. The van der Waals surface area contributed by atoms with Gasteiger partial charge in [-0.1, -0.05) is 57.5 Å². The molecule has 1 amide bonds. The maximum atomic E-state index is 13.0. The minimum Gasteiger partial charge on any atom is -0.493 e. The lowest BCUT2D eigenvalue weighted by atomic mass is 9.81. The van der Waals surface area contributed by atoms with Crippen molar-refractivity contribution in [2.75, 3.05) is 27.4 Å². The van der Waals surface area contributed by atoms with Crippen LogP contribution in [0.4, 0.5) is 0 Å². The van der Waals surface area contributed by atoms with Gasteiger partial charge >= 0.3 is 0 Å². The van der Waals surface area contributed by atoms with Crippen LogP contribution >= 0.6 is 11.6 Å². The fourth-order valence-corrected chi connectivity index (χ4v) is 4.91. The predicted molar refractivity (Wildman–Crippen MR) is 162 cm³/mol. The van der Waals surface area contributed by atoms with Crippen LogP contribution in [0.25, 0.3) is 0 Å². The molecule has 4 N–H and O–H groups in total. The average Bonchev–Trinajstić information content (AvgIpc) is 2.92. The first-order chi connectivity index (χ1) is 19.0. The van der Waals surface area contributed by atoms with Gasteiger partial charge in [0, 0.05) is 43.7 Å². The summed E-state index contributed by atoms with van der Waals surface area (Å²) in [6, 6.07) is 13.0. The Labute approximate surface area is 245 Å². The van der Waals surface area contributed by atoms with Gasteiger partial charge in [0.1, 0.15) is 0 Å². The zero-order valence-corrected chi connectivity index (χ0v) is 25.7. The zero-order chi connectivity index (χ0) is 29.7. The number of aliphatic hydroxyl groups excluding tert-OH is 1. The van der Waals surface area contributed by atoms with Crippen LogP contribution in [0, 0.1) is 23.7 Å². The van der Waals surface area contributed by atoms with Crippen molar-refractivity contribution in [1.29, 1.82) is 0 Å². The molecule has 0 heterocycles. The Morgan fingerprint density at radius 3 is 2.23 bits per heavy atom. The van der Waals surface area contributed by atoms with E-state index in [0.717, 1.165) is 24.0 Å². The standard InChI is InChI=1S/C32H49ClN2O5/c1-21(2)25(16-24-10-13-30(39-6)31(17-24)40-15-7-14-38-5)18-28(34)29(36)19-27(22(3)4)32(37)35-20-23-8-11-26(33)12-9-23/h8-13,17,21-22,25,27-29,36H,7,14-16,18-20,34H2,1-6H3,(H,35,37)/t25-,27-,28-,29-/m0/s1. The summed E-state index contributed by atoms with van der Waals surface area (Å²) in [5.41, 5.74) is 8.66. The number of benzene rings is 2. The van der Waals surface area contributed by atoms with Gasteiger partial charge in [-0.05, 0) is 72.4 Å². The topological polar surface area (TPSA) is 103 Å². The fraction of sp³-hybridized carbons (Fsp3) is 0.594. The van der Waals surface area contributed by atoms with Gasteiger partial charge in [-0.3, -0.25) is 4.79 Å². The Morgan fingerprint density at radius 1 is 0.950 bits per heavy atom. The summed E-state index contributed by atoms with van der Waals surface area (Å²) < 4.78 is 16.6. The third kappa shape index (κ3) is 11.3. The van der Waals surface area contributed by atoms with Crippen molar-refractivity contribution < 1.29 is 24.1 Å². The molecular weight excluding hydrogens is 528 g/mol. The Bertz CT molecular complexity index is 1010. The monoisotopic (exact) mass is 576 g/mol. The van der Waals surface area contributed by atoms with Crippen molar-refractivity contribution in [2.24, 2.45) is 29.4 Å². The molecule has 0 fully saturated rings. The van der Waals surface area contributed by atoms with E-state index in [-0.39, 0.29) is 23.7 Å². The second-order valence-electron chi connectivity index (χ2n) is 11.3. The first-order valence-electron chi connectivity index (χ1n) is 14.3. The molecule has 0 aliphatic carbocycles. The van der Waals surface area contributed by atoms with E-state index in [9.17, 15) is 9.90 Å². The molecule has 0 spiro atoms. The number of methoxy groups -OCH3 is 2. The highest BCUT2D eigenvalue weighted by Crippen LogP contribution is 2.32. The van der Waals surface area contributed by atoms with Crippen molar-refractivity contribution in [3.63, 3.8) is 0 Å². The Hall–Kier alpha value is -2.32. The zero-order valence-electron chi connectivity index (χ0n) is 25.0. The number of amides is 1. The van der Waals surface area contributed by atoms with Crippen molar-refractivity contribution in [3.05, 3.63) is 58.6 Å². The second-order valence-corrected chi connectivity index (χ2v) is 11.7. The molecule has 0 unspecified atom stereocenters. The Morgan fingerprint density at radius 2 is 1.62 bits per heavy atom. The maximum Gasteiger partial charge on any atom is 0.223 e. The van der Waals surface area contributed by atoms with Gasteiger partial charge in [-0.25, -0.2) is 0 Å². The number of rotatable bonds is 18. The van der Waals surface area contributed by atoms with Crippen molar-refractivity contribution in [2.45, 2.75) is 72.1 Å². The van der Waals surface area contributed by atoms with E-state index in [1.54, 1.807) is 26.4 Å². The van der Waals surface area contributed by atoms with Crippen LogP contribution in [0.15, 0.2) is 42.5 Å². The lowest BCUT2D eigenvalue weighted by molar-refractivity contribution is -0.127. The van der Waals surface area contributed by atoms with Crippen molar-refractivity contribution in [3.8, 4) is 11.5 Å². The molecule has 0 aromatic heterocycles. The first-order valence-corrected chi connectivity index (χ1v) is 14.7. The van der Waals surface area contributed by atoms with Crippen LogP contribution in [-0.4, -0.2) is 50.6 Å². The summed E-state index contributed by atoms with van der Waals surface area (Å²) >= 11 is 5.96. The van der Waals surface area contributed by atoms with E-state index in [1.165, 1.54) is 0 Å². The molecule has 224 valence electrons. The number of aliphatic hydroxyl groups is 1. The minimum absolute atomic E-state index is 0.0644. The number of halogens is 1. The Kier molecular flexibility index (Phi) is 14.8. The summed E-state index contributed by atoms with van der Waals surface area (Å²) in [7, 11) is 3.31. The van der Waals surface area contributed by atoms with Crippen LogP contribution in [0.2, 0.25) is 5.02 Å². The average molecular weight is 577 g/mol. The van der Waals surface area contributed by atoms with Gasteiger partial charge in [0.15, 0.2) is 11.5 Å². The second kappa shape index (κ2) is 17.5. The number of carbonyl (C=O) groups excluding carboxylic acids is 1. The van der Waals surface area contributed by atoms with Crippen LogP contribution in [0.3, 0.4) is 0 Å². The molecule has 7 nitrogen and oxygen atoms in total. The smallest absolute Gasteiger partial charge is 0.223 e. The van der Waals surface area contributed by atoms with Crippen LogP contribution < -0.4 is 20.5 Å². The molecule has 0 saturated heterocycles. The van der Waals surface area contributed by atoms with Crippen LogP contribution in [0.1, 0.15) is 58.1 Å². The van der Waals surface area contributed by atoms with E-state index in [0.29, 0.717) is 55.0 Å². The molecule has 0 aliphatic rings. The van der Waals surface area contributed by atoms with E-state index < -0.39 is 12.1 Å². The normalized spacial score (nSPS) is 14.6. The number of nitrogens with one attached hydrogen (secondary N) is 1. The molecule has 40 heavy (non-hydrogen) atoms. The molecule has 0 bridgehead atoms. The summed E-state index contributed by atoms with van der Waals surface area (Å²) in [6.45, 7) is 9.95. The number of nitrogens with two attached hydrogens (primary N) is 1. The van der Waals surface area contributed by atoms with Crippen molar-refractivity contribution in [1.82, 2.24) is 5.32 Å². The molecule has 0 aliphatic heterocycles. The van der Waals surface area contributed by atoms with Crippen LogP contribution in [-0.2, 0) is 22.5 Å². The summed E-state index contributed by atoms with van der Waals surface area (Å²) in [6.07, 6.45) is 1.77. The lowest BCUT2D eigenvalue weighted by Gasteiger charge is -2.30. The number of ether oxygens (including phenoxy) is 3. The number of hydrogen-bond acceptors (Lipinski definition) is 6. The van der Waals surface area contributed by atoms with Crippen LogP contribution in [0.5, 0.6) is 11.5 Å². The quantitative estimate of drug-likeness (QED) is 0.199. The van der Waals surface area contributed by atoms with Gasteiger partial charge in [0.05, 0.1) is 19.8 Å². The van der Waals surface area contributed by atoms with Crippen molar-refractivity contribution >= 4 is 17.5 Å². The molecule has 0 radical (unpaired) electrons. The predicted octanol–water partition coefficient (Wildman–Crippen LogP) is 5.64. The van der Waals surface area contributed by atoms with E-state index in [4.69, 9.17) is 31.5 Å². The summed E-state index contributed by atoms with van der Waals surface area (Å²) in [4.78, 5) is 13.0. The molecule has 0 saturated carbocycles. The SMILES string of the molecule is COCCCOc1cc(C[C@@H](C[C@H](N)[C@@H](O)C[C@H](C(=O)NCc2ccc(Cl)cc2)C(C)C)C(C)C)ccc1OC. The molecule has 4 atom stereocenters. The molecule has 2 aromatic carbocycles. The minimum atomic E-state index is -0.787. The van der Waals surface area contributed by atoms with E-state index in [2.05, 4.69) is 25.2 Å². The fourth-order valence-electron chi connectivity index (χ4n) is 4.79. The molecular formula is C32H49ClN2O5. The van der Waals surface area contributed by atoms with Gasteiger partial charge in [0.25, 0.3) is 0 Å². The molecule has 2 rings (SSSR count).